The van der Waals surface area contributed by atoms with E-state index in [-0.39, 0.29) is 22.0 Å². The van der Waals surface area contributed by atoms with Crippen LogP contribution in [0.1, 0.15) is 22.8 Å². The number of benzene rings is 2. The van der Waals surface area contributed by atoms with Crippen molar-refractivity contribution < 1.29 is 26.7 Å². The van der Waals surface area contributed by atoms with Gasteiger partial charge in [0.2, 0.25) is 10.0 Å². The lowest BCUT2D eigenvalue weighted by Gasteiger charge is -2.15. The van der Waals surface area contributed by atoms with E-state index in [9.17, 15) is 26.7 Å². The summed E-state index contributed by atoms with van der Waals surface area (Å²) in [7, 11) is -3.92. The number of sulfonamides is 1. The Morgan fingerprint density at radius 2 is 1.76 bits per heavy atom. The molecule has 2 rings (SSSR count). The van der Waals surface area contributed by atoms with Crippen LogP contribution in [0.3, 0.4) is 0 Å². The van der Waals surface area contributed by atoms with E-state index in [1.54, 1.807) is 13.0 Å². The van der Waals surface area contributed by atoms with Crippen molar-refractivity contribution in [1.82, 2.24) is 4.72 Å². The molecule has 0 bridgehead atoms. The van der Waals surface area contributed by atoms with Gasteiger partial charge in [-0.2, -0.15) is 13.2 Å². The highest BCUT2D eigenvalue weighted by Gasteiger charge is 2.30. The third kappa shape index (κ3) is 4.72. The van der Waals surface area contributed by atoms with Gasteiger partial charge in [-0.15, -0.1) is 0 Å². The Kier molecular flexibility index (Phi) is 5.78. The zero-order valence-corrected chi connectivity index (χ0v) is 14.6. The van der Waals surface area contributed by atoms with Gasteiger partial charge in [0.05, 0.1) is 16.6 Å². The van der Waals surface area contributed by atoms with Crippen LogP contribution in [0.15, 0.2) is 47.4 Å². The number of alkyl halides is 3. The van der Waals surface area contributed by atoms with Crippen LogP contribution in [0.25, 0.3) is 0 Å². The fourth-order valence-electron chi connectivity index (χ4n) is 2.16. The highest BCUT2D eigenvalue weighted by atomic mass is 35.5. The van der Waals surface area contributed by atoms with Gasteiger partial charge in [-0.05, 0) is 42.3 Å². The van der Waals surface area contributed by atoms with E-state index in [0.717, 1.165) is 24.3 Å². The number of hydrogen-bond acceptors (Lipinski definition) is 3. The molecule has 2 aromatic carbocycles. The quantitative estimate of drug-likeness (QED) is 0.814. The van der Waals surface area contributed by atoms with Crippen molar-refractivity contribution in [3.8, 4) is 0 Å². The fourth-order valence-corrected chi connectivity index (χ4v) is 3.69. The van der Waals surface area contributed by atoms with Gasteiger partial charge < -0.3 is 5.11 Å². The van der Waals surface area contributed by atoms with Crippen LogP contribution in [0, 0.1) is 6.92 Å². The smallest absolute Gasteiger partial charge is 0.387 e. The van der Waals surface area contributed by atoms with E-state index in [4.69, 9.17) is 11.6 Å². The zero-order chi connectivity index (χ0) is 18.8. The van der Waals surface area contributed by atoms with Gasteiger partial charge in [-0.1, -0.05) is 29.8 Å². The molecule has 0 spiro atoms. The third-order valence-electron chi connectivity index (χ3n) is 3.60. The van der Waals surface area contributed by atoms with E-state index in [1.165, 1.54) is 12.1 Å². The first-order chi connectivity index (χ1) is 11.5. The molecular formula is C16H15ClF3NO3S. The minimum atomic E-state index is -4.48. The van der Waals surface area contributed by atoms with Crippen molar-refractivity contribution in [2.45, 2.75) is 24.1 Å². The lowest BCUT2D eigenvalue weighted by Crippen LogP contribution is -2.29. The molecule has 2 aromatic rings. The highest BCUT2D eigenvalue weighted by Crippen LogP contribution is 2.30. The molecule has 0 aliphatic heterocycles. The molecule has 0 saturated carbocycles. The lowest BCUT2D eigenvalue weighted by molar-refractivity contribution is -0.137. The van der Waals surface area contributed by atoms with Crippen LogP contribution in [0.5, 0.6) is 0 Å². The van der Waals surface area contributed by atoms with Crippen LogP contribution in [0.4, 0.5) is 13.2 Å². The van der Waals surface area contributed by atoms with Crippen LogP contribution in [-0.4, -0.2) is 20.1 Å². The van der Waals surface area contributed by atoms with E-state index in [0.29, 0.717) is 5.56 Å². The molecule has 136 valence electrons. The molecule has 0 aromatic heterocycles. The van der Waals surface area contributed by atoms with Gasteiger partial charge in [0.1, 0.15) is 0 Å². The molecule has 0 saturated heterocycles. The van der Waals surface area contributed by atoms with Crippen molar-refractivity contribution in [3.05, 3.63) is 64.2 Å². The second-order valence-electron chi connectivity index (χ2n) is 5.35. The Balaban J connectivity index is 2.11. The third-order valence-corrected chi connectivity index (χ3v) is 5.57. The van der Waals surface area contributed by atoms with E-state index < -0.39 is 27.9 Å². The molecule has 0 unspecified atom stereocenters. The number of rotatable bonds is 5. The number of nitrogens with one attached hydrogen (secondary N) is 1. The molecular weight excluding hydrogens is 379 g/mol. The molecule has 0 aliphatic rings. The van der Waals surface area contributed by atoms with Crippen LogP contribution < -0.4 is 4.72 Å². The zero-order valence-electron chi connectivity index (χ0n) is 13.0. The summed E-state index contributed by atoms with van der Waals surface area (Å²) in [6, 6.07) is 8.26. The van der Waals surface area contributed by atoms with Gasteiger partial charge in [-0.25, -0.2) is 13.1 Å². The van der Waals surface area contributed by atoms with Crippen molar-refractivity contribution in [3.63, 3.8) is 0 Å². The summed E-state index contributed by atoms with van der Waals surface area (Å²) in [6.45, 7) is 1.16. The molecule has 1 atom stereocenters. The number of hydrogen-bond donors (Lipinski definition) is 2. The summed E-state index contributed by atoms with van der Waals surface area (Å²) in [5, 5.41) is 10.3. The Hall–Kier alpha value is -1.61. The maximum atomic E-state index is 12.5. The summed E-state index contributed by atoms with van der Waals surface area (Å²) in [6.07, 6.45) is -5.77. The van der Waals surface area contributed by atoms with Gasteiger partial charge in [0, 0.05) is 11.6 Å². The average molecular weight is 394 g/mol. The minimum absolute atomic E-state index is 0.0281. The van der Waals surface area contributed by atoms with Crippen molar-refractivity contribution >= 4 is 21.6 Å². The summed E-state index contributed by atoms with van der Waals surface area (Å²) < 4.78 is 64.4. The van der Waals surface area contributed by atoms with E-state index >= 15 is 0 Å². The Bertz CT molecular complexity index is 852. The predicted octanol–water partition coefficient (Wildman–Crippen LogP) is 3.68. The largest absolute Gasteiger partial charge is 0.416 e. The SMILES string of the molecule is Cc1c(Cl)cccc1S(=O)(=O)NC[C@H](O)c1ccc(C(F)(F)F)cc1. The molecule has 25 heavy (non-hydrogen) atoms. The Morgan fingerprint density at radius 3 is 2.32 bits per heavy atom. The molecule has 0 amide bonds. The fraction of sp³-hybridized carbons (Fsp3) is 0.250. The summed E-state index contributed by atoms with van der Waals surface area (Å²) in [4.78, 5) is -0.0281. The maximum Gasteiger partial charge on any atom is 0.416 e. The van der Waals surface area contributed by atoms with Crippen molar-refractivity contribution in [1.29, 1.82) is 0 Å². The first-order valence-electron chi connectivity index (χ1n) is 7.12. The Labute approximate surface area is 148 Å². The molecule has 0 aliphatic carbocycles. The topological polar surface area (TPSA) is 66.4 Å². The van der Waals surface area contributed by atoms with Crippen molar-refractivity contribution in [2.24, 2.45) is 0 Å². The highest BCUT2D eigenvalue weighted by molar-refractivity contribution is 7.89. The molecule has 9 heteroatoms. The minimum Gasteiger partial charge on any atom is -0.387 e. The Morgan fingerprint density at radius 1 is 1.16 bits per heavy atom. The second kappa shape index (κ2) is 7.33. The van der Waals surface area contributed by atoms with E-state index in [2.05, 4.69) is 4.72 Å². The van der Waals surface area contributed by atoms with Gasteiger partial charge in [0.25, 0.3) is 0 Å². The molecule has 4 nitrogen and oxygen atoms in total. The lowest BCUT2D eigenvalue weighted by atomic mass is 10.1. The standard InChI is InChI=1S/C16H15ClF3NO3S/c1-10-13(17)3-2-4-15(10)25(23,24)21-9-14(22)11-5-7-12(8-6-11)16(18,19)20/h2-8,14,21-22H,9H2,1H3/t14-/m0/s1. The number of aliphatic hydroxyl groups is 1. The van der Waals surface area contributed by atoms with Gasteiger partial charge in [-0.3, -0.25) is 0 Å². The van der Waals surface area contributed by atoms with Crippen LogP contribution >= 0.6 is 11.6 Å². The van der Waals surface area contributed by atoms with Crippen molar-refractivity contribution in [2.75, 3.05) is 6.54 Å². The van der Waals surface area contributed by atoms with Crippen LogP contribution in [0.2, 0.25) is 5.02 Å². The monoisotopic (exact) mass is 393 g/mol. The molecule has 2 N–H and O–H groups in total. The molecule has 0 heterocycles. The summed E-state index contributed by atoms with van der Waals surface area (Å²) >= 11 is 5.90. The first-order valence-corrected chi connectivity index (χ1v) is 8.98. The average Bonchev–Trinajstić information content (AvgIpc) is 2.54. The molecule has 0 radical (unpaired) electrons. The maximum absolute atomic E-state index is 12.5. The van der Waals surface area contributed by atoms with Gasteiger partial charge in [0.15, 0.2) is 0 Å². The molecule has 0 fully saturated rings. The summed E-state index contributed by atoms with van der Waals surface area (Å²) in [5.74, 6) is 0. The second-order valence-corrected chi connectivity index (χ2v) is 7.49. The van der Waals surface area contributed by atoms with Crippen LogP contribution in [-0.2, 0) is 16.2 Å². The number of aliphatic hydroxyl groups excluding tert-OH is 1. The summed E-state index contributed by atoms with van der Waals surface area (Å²) in [5.41, 5.74) is -0.321. The number of halogens is 4. The predicted molar refractivity (Wildman–Crippen MR) is 87.8 cm³/mol. The van der Waals surface area contributed by atoms with Gasteiger partial charge >= 0.3 is 6.18 Å². The van der Waals surface area contributed by atoms with E-state index in [1.807, 2.05) is 0 Å². The normalized spacial score (nSPS) is 13.7. The first kappa shape index (κ1) is 19.7.